The molecule has 1 aromatic carbocycles. The van der Waals surface area contributed by atoms with Crippen molar-refractivity contribution in [1.29, 1.82) is 0 Å². The maximum atomic E-state index is 5.44. The van der Waals surface area contributed by atoms with Gasteiger partial charge in [0, 0.05) is 12.6 Å². The van der Waals surface area contributed by atoms with E-state index < -0.39 is 0 Å². The molecule has 4 heteroatoms. The van der Waals surface area contributed by atoms with Gasteiger partial charge in [-0.1, -0.05) is 19.1 Å². The number of halogens is 1. The van der Waals surface area contributed by atoms with Crippen molar-refractivity contribution >= 4 is 12.4 Å². The van der Waals surface area contributed by atoms with Crippen LogP contribution >= 0.6 is 12.4 Å². The smallest absolute Gasteiger partial charge is 0.122 e. The zero-order chi connectivity index (χ0) is 14.4. The minimum atomic E-state index is 0. The van der Waals surface area contributed by atoms with Crippen LogP contribution in [0.25, 0.3) is 0 Å². The van der Waals surface area contributed by atoms with Crippen molar-refractivity contribution in [3.8, 4) is 5.75 Å². The second kappa shape index (κ2) is 9.29. The first-order valence-electron chi connectivity index (χ1n) is 7.83. The normalized spacial score (nSPS) is 19.0. The van der Waals surface area contributed by atoms with E-state index in [0.717, 1.165) is 25.4 Å². The molecule has 3 nitrogen and oxygen atoms in total. The Bertz CT molecular complexity index is 417. The Labute approximate surface area is 135 Å². The Kier molecular flexibility index (Phi) is 8.09. The lowest BCUT2D eigenvalue weighted by atomic mass is 10.1. The molecule has 1 fully saturated rings. The summed E-state index contributed by atoms with van der Waals surface area (Å²) in [6, 6.07) is 7.29. The Morgan fingerprint density at radius 3 is 2.81 bits per heavy atom. The summed E-state index contributed by atoms with van der Waals surface area (Å²) >= 11 is 0. The lowest BCUT2D eigenvalue weighted by Crippen LogP contribution is -2.35. The average molecular weight is 313 g/mol. The molecule has 0 aromatic heterocycles. The fourth-order valence-corrected chi connectivity index (χ4v) is 3.06. The Hall–Kier alpha value is -0.770. The quantitative estimate of drug-likeness (QED) is 0.902. The third-order valence-corrected chi connectivity index (χ3v) is 4.33. The van der Waals surface area contributed by atoms with Gasteiger partial charge in [0.1, 0.15) is 5.75 Å². The Balaban J connectivity index is 0.00000220. The van der Waals surface area contributed by atoms with Gasteiger partial charge < -0.3 is 10.1 Å². The summed E-state index contributed by atoms with van der Waals surface area (Å²) in [7, 11) is 1.75. The van der Waals surface area contributed by atoms with Crippen molar-refractivity contribution in [3.05, 3.63) is 29.3 Å². The van der Waals surface area contributed by atoms with Gasteiger partial charge in [0.05, 0.1) is 7.11 Å². The molecule has 1 saturated heterocycles. The number of hydrogen-bond acceptors (Lipinski definition) is 3. The van der Waals surface area contributed by atoms with Crippen molar-refractivity contribution in [3.63, 3.8) is 0 Å². The molecule has 1 aromatic rings. The SMILES string of the molecule is CCN(Cc1ccc(C)c(OC)c1)C1CCCNCC1.Cl. The fourth-order valence-electron chi connectivity index (χ4n) is 3.06. The maximum absolute atomic E-state index is 5.44. The zero-order valence-electron chi connectivity index (χ0n) is 13.5. The molecule has 0 amide bonds. The van der Waals surface area contributed by atoms with Gasteiger partial charge >= 0.3 is 0 Å². The van der Waals surface area contributed by atoms with E-state index in [1.54, 1.807) is 7.11 Å². The first kappa shape index (κ1) is 18.3. The number of rotatable bonds is 5. The van der Waals surface area contributed by atoms with Crippen molar-refractivity contribution in [2.45, 2.75) is 45.7 Å². The molecule has 1 aliphatic heterocycles. The summed E-state index contributed by atoms with van der Waals surface area (Å²) in [5.41, 5.74) is 2.56. The predicted octanol–water partition coefficient (Wildman–Crippen LogP) is 3.39. The Morgan fingerprint density at radius 1 is 1.29 bits per heavy atom. The number of benzene rings is 1. The van der Waals surface area contributed by atoms with E-state index in [2.05, 4.69) is 42.3 Å². The van der Waals surface area contributed by atoms with Crippen LogP contribution in [0.15, 0.2) is 18.2 Å². The highest BCUT2D eigenvalue weighted by Crippen LogP contribution is 2.22. The first-order valence-corrected chi connectivity index (χ1v) is 7.83. The van der Waals surface area contributed by atoms with Crippen molar-refractivity contribution in [1.82, 2.24) is 10.2 Å². The molecule has 1 aliphatic rings. The highest BCUT2D eigenvalue weighted by molar-refractivity contribution is 5.85. The minimum absolute atomic E-state index is 0. The fraction of sp³-hybridized carbons (Fsp3) is 0.647. The topological polar surface area (TPSA) is 24.5 Å². The molecule has 0 aliphatic carbocycles. The van der Waals surface area contributed by atoms with Gasteiger partial charge in [0.15, 0.2) is 0 Å². The Morgan fingerprint density at radius 2 is 2.10 bits per heavy atom. The lowest BCUT2D eigenvalue weighted by molar-refractivity contribution is 0.182. The number of hydrogen-bond donors (Lipinski definition) is 1. The molecule has 1 unspecified atom stereocenters. The van der Waals surface area contributed by atoms with Crippen LogP contribution in [0.3, 0.4) is 0 Å². The van der Waals surface area contributed by atoms with Crippen LogP contribution in [0.1, 0.15) is 37.3 Å². The van der Waals surface area contributed by atoms with Crippen LogP contribution in [0.4, 0.5) is 0 Å². The summed E-state index contributed by atoms with van der Waals surface area (Å²) in [5.74, 6) is 1.00. The molecule has 1 N–H and O–H groups in total. The van der Waals surface area contributed by atoms with Crippen LogP contribution in [0, 0.1) is 6.92 Å². The third kappa shape index (κ3) is 5.17. The molecule has 120 valence electrons. The molecule has 0 spiro atoms. The molecule has 0 bridgehead atoms. The summed E-state index contributed by atoms with van der Waals surface area (Å²) in [5, 5.41) is 3.50. The number of ether oxygens (including phenoxy) is 1. The second-order valence-corrected chi connectivity index (χ2v) is 5.70. The van der Waals surface area contributed by atoms with Gasteiger partial charge in [-0.15, -0.1) is 12.4 Å². The van der Waals surface area contributed by atoms with Crippen LogP contribution in [0.2, 0.25) is 0 Å². The highest BCUT2D eigenvalue weighted by atomic mass is 35.5. The van der Waals surface area contributed by atoms with E-state index in [0.29, 0.717) is 6.04 Å². The van der Waals surface area contributed by atoms with Crippen LogP contribution < -0.4 is 10.1 Å². The molecule has 21 heavy (non-hydrogen) atoms. The number of methoxy groups -OCH3 is 1. The zero-order valence-corrected chi connectivity index (χ0v) is 14.3. The van der Waals surface area contributed by atoms with Crippen LogP contribution in [-0.2, 0) is 6.54 Å². The highest BCUT2D eigenvalue weighted by Gasteiger charge is 2.19. The number of nitrogens with one attached hydrogen (secondary N) is 1. The molecule has 1 heterocycles. The standard InChI is InChI=1S/C17H28N2O.ClH/c1-4-19(16-6-5-10-18-11-9-16)13-15-8-7-14(2)17(12-15)20-3;/h7-8,12,16,18H,4-6,9-11,13H2,1-3H3;1H. The van der Waals surface area contributed by atoms with Crippen molar-refractivity contribution in [2.75, 3.05) is 26.7 Å². The van der Waals surface area contributed by atoms with E-state index in [1.807, 2.05) is 0 Å². The number of aryl methyl sites for hydroxylation is 1. The van der Waals surface area contributed by atoms with E-state index in [4.69, 9.17) is 4.74 Å². The lowest BCUT2D eigenvalue weighted by Gasteiger charge is -2.30. The van der Waals surface area contributed by atoms with E-state index in [1.165, 1.54) is 36.9 Å². The van der Waals surface area contributed by atoms with Crippen LogP contribution in [0.5, 0.6) is 5.75 Å². The van der Waals surface area contributed by atoms with Gasteiger partial charge in [0.2, 0.25) is 0 Å². The summed E-state index contributed by atoms with van der Waals surface area (Å²) in [4.78, 5) is 2.61. The monoisotopic (exact) mass is 312 g/mol. The van der Waals surface area contributed by atoms with Gasteiger partial charge in [-0.3, -0.25) is 4.90 Å². The van der Waals surface area contributed by atoms with Gasteiger partial charge in [-0.25, -0.2) is 0 Å². The molecule has 1 atom stereocenters. The summed E-state index contributed by atoms with van der Waals surface area (Å²) < 4.78 is 5.44. The van der Waals surface area contributed by atoms with E-state index in [-0.39, 0.29) is 12.4 Å². The predicted molar refractivity (Wildman–Crippen MR) is 91.6 cm³/mol. The second-order valence-electron chi connectivity index (χ2n) is 5.70. The third-order valence-electron chi connectivity index (χ3n) is 4.33. The van der Waals surface area contributed by atoms with Gasteiger partial charge in [-0.05, 0) is 63.0 Å². The number of nitrogens with zero attached hydrogens (tertiary/aromatic N) is 1. The van der Waals surface area contributed by atoms with Gasteiger partial charge in [-0.2, -0.15) is 0 Å². The summed E-state index contributed by atoms with van der Waals surface area (Å²) in [6.45, 7) is 8.82. The van der Waals surface area contributed by atoms with Crippen molar-refractivity contribution in [2.24, 2.45) is 0 Å². The van der Waals surface area contributed by atoms with Gasteiger partial charge in [0.25, 0.3) is 0 Å². The average Bonchev–Trinajstić information content (AvgIpc) is 2.75. The van der Waals surface area contributed by atoms with E-state index in [9.17, 15) is 0 Å². The first-order chi connectivity index (χ1) is 9.74. The molecule has 2 rings (SSSR count). The minimum Gasteiger partial charge on any atom is -0.496 e. The maximum Gasteiger partial charge on any atom is 0.122 e. The summed E-state index contributed by atoms with van der Waals surface area (Å²) in [6.07, 6.45) is 3.86. The van der Waals surface area contributed by atoms with E-state index >= 15 is 0 Å². The largest absolute Gasteiger partial charge is 0.496 e. The van der Waals surface area contributed by atoms with Crippen LogP contribution in [-0.4, -0.2) is 37.7 Å². The molecular formula is C17H29ClN2O. The van der Waals surface area contributed by atoms with Crippen molar-refractivity contribution < 1.29 is 4.74 Å². The molecular weight excluding hydrogens is 284 g/mol. The molecule has 0 radical (unpaired) electrons. The molecule has 0 saturated carbocycles.